The Kier molecular flexibility index (Phi) is 7.54. The Morgan fingerprint density at radius 2 is 1.81 bits per heavy atom. The van der Waals surface area contributed by atoms with Crippen LogP contribution in [-0.2, 0) is 4.74 Å². The molecule has 0 amide bonds. The molecule has 0 bridgehead atoms. The average Bonchev–Trinajstić information content (AvgIpc) is 2.43. The van der Waals surface area contributed by atoms with Crippen molar-refractivity contribution in [1.29, 1.82) is 0 Å². The van der Waals surface area contributed by atoms with E-state index in [-0.39, 0.29) is 11.6 Å². The lowest BCUT2D eigenvalue weighted by Crippen LogP contribution is -2.44. The van der Waals surface area contributed by atoms with Crippen molar-refractivity contribution >= 4 is 0 Å². The first-order valence-electron chi connectivity index (χ1n) is 7.58. The van der Waals surface area contributed by atoms with E-state index in [1.165, 1.54) is 0 Å². The maximum absolute atomic E-state index is 6.07. The predicted octanol–water partition coefficient (Wildman–Crippen LogP) is 3.26. The molecule has 21 heavy (non-hydrogen) atoms. The van der Waals surface area contributed by atoms with Gasteiger partial charge in [-0.15, -0.1) is 0 Å². The number of ether oxygens (including phenoxy) is 3. The maximum atomic E-state index is 6.07. The smallest absolute Gasteiger partial charge is 0.161 e. The summed E-state index contributed by atoms with van der Waals surface area (Å²) in [5.41, 5.74) is 0.0492. The van der Waals surface area contributed by atoms with Crippen LogP contribution in [0.5, 0.6) is 11.5 Å². The topological polar surface area (TPSA) is 39.7 Å². The highest BCUT2D eigenvalue weighted by molar-refractivity contribution is 5.39. The van der Waals surface area contributed by atoms with Gasteiger partial charge in [-0.1, -0.05) is 19.1 Å². The van der Waals surface area contributed by atoms with E-state index in [1.54, 1.807) is 7.11 Å². The zero-order valence-electron chi connectivity index (χ0n) is 13.9. The van der Waals surface area contributed by atoms with E-state index < -0.39 is 0 Å². The van der Waals surface area contributed by atoms with E-state index in [0.29, 0.717) is 13.2 Å². The minimum Gasteiger partial charge on any atom is -0.490 e. The van der Waals surface area contributed by atoms with E-state index in [4.69, 9.17) is 14.2 Å². The summed E-state index contributed by atoms with van der Waals surface area (Å²) in [4.78, 5) is 0. The van der Waals surface area contributed by atoms with Crippen LogP contribution in [0.15, 0.2) is 24.3 Å². The Morgan fingerprint density at radius 3 is 2.38 bits per heavy atom. The summed E-state index contributed by atoms with van der Waals surface area (Å²) in [7, 11) is 1.69. The quantitative estimate of drug-likeness (QED) is 0.759. The molecule has 1 unspecified atom stereocenters. The highest BCUT2D eigenvalue weighted by Gasteiger charge is 2.17. The summed E-state index contributed by atoms with van der Waals surface area (Å²) in [6.45, 7) is 10.4. The largest absolute Gasteiger partial charge is 0.490 e. The van der Waals surface area contributed by atoms with Gasteiger partial charge in [-0.2, -0.15) is 0 Å². The third-order valence-electron chi connectivity index (χ3n) is 2.82. The molecule has 1 atom stereocenters. The third-order valence-corrected chi connectivity index (χ3v) is 2.82. The standard InChI is InChI=1S/C17H29NO3/c1-6-11-20-15-9-7-8-10-16(15)21-14(13-19-5)12-18-17(2,3)4/h7-10,14,18H,6,11-13H2,1-5H3. The van der Waals surface area contributed by atoms with Crippen LogP contribution in [0.4, 0.5) is 0 Å². The maximum Gasteiger partial charge on any atom is 0.161 e. The number of hydrogen-bond acceptors (Lipinski definition) is 4. The van der Waals surface area contributed by atoms with E-state index >= 15 is 0 Å². The number of hydrogen-bond donors (Lipinski definition) is 1. The minimum absolute atomic E-state index is 0.0492. The fraction of sp³-hybridized carbons (Fsp3) is 0.647. The SMILES string of the molecule is CCCOc1ccccc1OC(CNC(C)(C)C)COC. The molecule has 1 aromatic carbocycles. The van der Waals surface area contributed by atoms with Gasteiger partial charge in [-0.3, -0.25) is 0 Å². The molecular weight excluding hydrogens is 266 g/mol. The Balaban J connectivity index is 2.69. The summed E-state index contributed by atoms with van der Waals surface area (Å²) < 4.78 is 17.0. The Labute approximate surface area is 128 Å². The molecule has 1 rings (SSSR count). The number of nitrogens with one attached hydrogen (secondary N) is 1. The minimum atomic E-state index is -0.0550. The highest BCUT2D eigenvalue weighted by Crippen LogP contribution is 2.27. The van der Waals surface area contributed by atoms with Gasteiger partial charge in [0.1, 0.15) is 6.10 Å². The van der Waals surface area contributed by atoms with Gasteiger partial charge in [0.25, 0.3) is 0 Å². The zero-order valence-corrected chi connectivity index (χ0v) is 13.9. The lowest BCUT2D eigenvalue weighted by molar-refractivity contribution is 0.0739. The molecule has 120 valence electrons. The third kappa shape index (κ3) is 7.34. The number of para-hydroxylation sites is 2. The molecule has 1 aromatic rings. The van der Waals surface area contributed by atoms with Crippen LogP contribution in [0.2, 0.25) is 0 Å². The van der Waals surface area contributed by atoms with Crippen molar-refractivity contribution in [1.82, 2.24) is 5.32 Å². The van der Waals surface area contributed by atoms with Crippen LogP contribution in [0.1, 0.15) is 34.1 Å². The van der Waals surface area contributed by atoms with Gasteiger partial charge in [0.15, 0.2) is 11.5 Å². The molecule has 4 heteroatoms. The predicted molar refractivity (Wildman–Crippen MR) is 86.3 cm³/mol. The normalized spacial score (nSPS) is 13.0. The molecule has 1 N–H and O–H groups in total. The van der Waals surface area contributed by atoms with Crippen LogP contribution < -0.4 is 14.8 Å². The fourth-order valence-electron chi connectivity index (χ4n) is 1.80. The molecule has 0 heterocycles. The van der Waals surface area contributed by atoms with Crippen LogP contribution in [-0.4, -0.2) is 38.5 Å². The Morgan fingerprint density at radius 1 is 1.14 bits per heavy atom. The second-order valence-electron chi connectivity index (χ2n) is 6.12. The summed E-state index contributed by atoms with van der Waals surface area (Å²) in [6, 6.07) is 7.78. The lowest BCUT2D eigenvalue weighted by Gasteiger charge is -2.26. The number of methoxy groups -OCH3 is 1. The van der Waals surface area contributed by atoms with Gasteiger partial charge in [0, 0.05) is 19.2 Å². The van der Waals surface area contributed by atoms with Crippen LogP contribution in [0, 0.1) is 0 Å². The lowest BCUT2D eigenvalue weighted by atomic mass is 10.1. The molecule has 0 spiro atoms. The average molecular weight is 295 g/mol. The summed E-state index contributed by atoms with van der Waals surface area (Å²) in [6.07, 6.45) is 0.919. The van der Waals surface area contributed by atoms with Crippen molar-refractivity contribution < 1.29 is 14.2 Å². The van der Waals surface area contributed by atoms with Crippen molar-refractivity contribution in [3.8, 4) is 11.5 Å². The van der Waals surface area contributed by atoms with Crippen molar-refractivity contribution in [3.63, 3.8) is 0 Å². The van der Waals surface area contributed by atoms with E-state index in [0.717, 1.165) is 24.5 Å². The molecule has 0 aliphatic carbocycles. The molecule has 0 saturated heterocycles. The first kappa shape index (κ1) is 17.8. The zero-order chi connectivity index (χ0) is 15.7. The number of benzene rings is 1. The van der Waals surface area contributed by atoms with Gasteiger partial charge >= 0.3 is 0 Å². The summed E-state index contributed by atoms with van der Waals surface area (Å²) in [5.74, 6) is 1.56. The second kappa shape index (κ2) is 8.90. The van der Waals surface area contributed by atoms with Gasteiger partial charge in [-0.05, 0) is 39.3 Å². The molecular formula is C17H29NO3. The first-order chi connectivity index (χ1) is 9.96. The van der Waals surface area contributed by atoms with Gasteiger partial charge in [0.05, 0.1) is 13.2 Å². The Bertz CT molecular complexity index is 401. The van der Waals surface area contributed by atoms with Crippen LogP contribution in [0.25, 0.3) is 0 Å². The van der Waals surface area contributed by atoms with Gasteiger partial charge in [-0.25, -0.2) is 0 Å². The van der Waals surface area contributed by atoms with Crippen molar-refractivity contribution in [2.75, 3.05) is 26.9 Å². The number of rotatable bonds is 9. The molecule has 0 aromatic heterocycles. The van der Waals surface area contributed by atoms with Crippen LogP contribution >= 0.6 is 0 Å². The molecule has 0 radical (unpaired) electrons. The molecule has 0 fully saturated rings. The van der Waals surface area contributed by atoms with Gasteiger partial charge in [0.2, 0.25) is 0 Å². The second-order valence-corrected chi connectivity index (χ2v) is 6.12. The van der Waals surface area contributed by atoms with Crippen molar-refractivity contribution in [2.24, 2.45) is 0 Å². The van der Waals surface area contributed by atoms with E-state index in [9.17, 15) is 0 Å². The fourth-order valence-corrected chi connectivity index (χ4v) is 1.80. The van der Waals surface area contributed by atoms with E-state index in [1.807, 2.05) is 24.3 Å². The first-order valence-corrected chi connectivity index (χ1v) is 7.58. The van der Waals surface area contributed by atoms with E-state index in [2.05, 4.69) is 33.0 Å². The van der Waals surface area contributed by atoms with Crippen molar-refractivity contribution in [2.45, 2.75) is 45.8 Å². The van der Waals surface area contributed by atoms with Gasteiger partial charge < -0.3 is 19.5 Å². The monoisotopic (exact) mass is 295 g/mol. The molecule has 0 aliphatic rings. The Hall–Kier alpha value is -1.26. The van der Waals surface area contributed by atoms with Crippen LogP contribution in [0.3, 0.4) is 0 Å². The molecule has 0 aliphatic heterocycles. The van der Waals surface area contributed by atoms with Crippen molar-refractivity contribution in [3.05, 3.63) is 24.3 Å². The highest BCUT2D eigenvalue weighted by atomic mass is 16.5. The molecule has 4 nitrogen and oxygen atoms in total. The summed E-state index contributed by atoms with van der Waals surface area (Å²) in [5, 5.41) is 3.44. The molecule has 0 saturated carbocycles. The summed E-state index contributed by atoms with van der Waals surface area (Å²) >= 11 is 0.